The normalized spacial score (nSPS) is 31.6. The van der Waals surface area contributed by atoms with Crippen LogP contribution in [0.1, 0.15) is 61.9 Å². The summed E-state index contributed by atoms with van der Waals surface area (Å²) in [6, 6.07) is 2.53. The van der Waals surface area contributed by atoms with Gasteiger partial charge in [-0.2, -0.15) is 0 Å². The minimum absolute atomic E-state index is 0.219. The van der Waals surface area contributed by atoms with Crippen LogP contribution in [0, 0.1) is 12.8 Å². The second-order valence-corrected chi connectivity index (χ2v) is 7.58. The summed E-state index contributed by atoms with van der Waals surface area (Å²) in [5.41, 5.74) is 1.30. The third kappa shape index (κ3) is 2.76. The van der Waals surface area contributed by atoms with Gasteiger partial charge >= 0.3 is 5.97 Å². The highest BCUT2D eigenvalue weighted by Gasteiger charge is 2.44. The summed E-state index contributed by atoms with van der Waals surface area (Å²) >= 11 is 1.77. The minimum Gasteiger partial charge on any atom is -0.480 e. The first-order chi connectivity index (χ1) is 10.1. The molecule has 1 aromatic heterocycles. The Morgan fingerprint density at radius 2 is 2.10 bits per heavy atom. The van der Waals surface area contributed by atoms with Crippen molar-refractivity contribution in [2.24, 2.45) is 5.92 Å². The Morgan fingerprint density at radius 3 is 2.76 bits per heavy atom. The van der Waals surface area contributed by atoms with E-state index in [1.165, 1.54) is 36.1 Å². The van der Waals surface area contributed by atoms with E-state index in [4.69, 9.17) is 0 Å². The summed E-state index contributed by atoms with van der Waals surface area (Å²) in [5, 5.41) is 11.8. The number of fused-ring (bicyclic) bond motifs is 1. The van der Waals surface area contributed by atoms with E-state index in [0.717, 1.165) is 12.8 Å². The van der Waals surface area contributed by atoms with Gasteiger partial charge in [0.2, 0.25) is 0 Å². The molecule has 2 heterocycles. The van der Waals surface area contributed by atoms with E-state index in [1.807, 2.05) is 0 Å². The summed E-state index contributed by atoms with van der Waals surface area (Å²) in [7, 11) is 0. The highest BCUT2D eigenvalue weighted by Crippen LogP contribution is 2.43. The summed E-state index contributed by atoms with van der Waals surface area (Å²) < 4.78 is 0. The van der Waals surface area contributed by atoms with Crippen molar-refractivity contribution in [2.45, 2.75) is 70.5 Å². The maximum Gasteiger partial charge on any atom is 0.320 e. The number of carboxylic acids is 1. The zero-order valence-electron chi connectivity index (χ0n) is 12.9. The monoisotopic (exact) mass is 307 g/mol. The van der Waals surface area contributed by atoms with E-state index in [0.29, 0.717) is 12.0 Å². The smallest absolute Gasteiger partial charge is 0.320 e. The number of likely N-dealkylation sites (tertiary alicyclic amines) is 1. The fourth-order valence-corrected chi connectivity index (χ4v) is 5.42. The van der Waals surface area contributed by atoms with Crippen LogP contribution in [-0.4, -0.2) is 28.1 Å². The van der Waals surface area contributed by atoms with Gasteiger partial charge < -0.3 is 5.11 Å². The van der Waals surface area contributed by atoms with Crippen molar-refractivity contribution >= 4 is 17.3 Å². The molecule has 1 saturated heterocycles. The molecule has 1 N–H and O–H groups in total. The molecule has 4 heteroatoms. The average molecular weight is 307 g/mol. The number of piperidine rings is 1. The van der Waals surface area contributed by atoms with Crippen LogP contribution in [0.3, 0.4) is 0 Å². The molecule has 0 amide bonds. The molecule has 0 spiro atoms. The second-order valence-electron chi connectivity index (χ2n) is 6.63. The summed E-state index contributed by atoms with van der Waals surface area (Å²) in [6.45, 7) is 4.34. The number of carbonyl (C=O) groups is 1. The Labute approximate surface area is 131 Å². The predicted octanol–water partition coefficient (Wildman–Crippen LogP) is 4.23. The summed E-state index contributed by atoms with van der Waals surface area (Å²) in [6.07, 6.45) is 6.92. The van der Waals surface area contributed by atoms with E-state index < -0.39 is 5.97 Å². The van der Waals surface area contributed by atoms with Gasteiger partial charge in [-0.1, -0.05) is 12.8 Å². The van der Waals surface area contributed by atoms with Crippen LogP contribution >= 0.6 is 11.3 Å². The Balaban J connectivity index is 1.92. The molecule has 4 atom stereocenters. The number of rotatable bonds is 3. The Bertz CT molecular complexity index is 513. The average Bonchev–Trinajstić information content (AvgIpc) is 2.91. The zero-order chi connectivity index (χ0) is 15.0. The van der Waals surface area contributed by atoms with Crippen LogP contribution in [0.4, 0.5) is 0 Å². The fourth-order valence-electron chi connectivity index (χ4n) is 4.43. The van der Waals surface area contributed by atoms with Crippen LogP contribution in [0.15, 0.2) is 11.4 Å². The number of aryl methyl sites for hydroxylation is 1. The van der Waals surface area contributed by atoms with Crippen LogP contribution in [-0.2, 0) is 4.79 Å². The number of hydrogen-bond acceptors (Lipinski definition) is 3. The number of hydrogen-bond donors (Lipinski definition) is 1. The molecule has 1 aliphatic heterocycles. The van der Waals surface area contributed by atoms with E-state index in [2.05, 4.69) is 30.2 Å². The molecular formula is C17H25NO2S. The molecule has 4 unspecified atom stereocenters. The van der Waals surface area contributed by atoms with E-state index >= 15 is 0 Å². The van der Waals surface area contributed by atoms with Gasteiger partial charge in [0.15, 0.2) is 0 Å². The molecule has 1 aromatic rings. The largest absolute Gasteiger partial charge is 0.480 e. The number of carboxylic acid groups (broad SMARTS) is 1. The highest BCUT2D eigenvalue weighted by atomic mass is 32.1. The van der Waals surface area contributed by atoms with Crippen LogP contribution in [0.5, 0.6) is 0 Å². The first-order valence-electron chi connectivity index (χ1n) is 8.14. The first kappa shape index (κ1) is 15.0. The molecule has 2 aliphatic rings. The molecule has 0 bridgehead atoms. The molecular weight excluding hydrogens is 282 g/mol. The van der Waals surface area contributed by atoms with E-state index in [1.54, 1.807) is 11.3 Å². The standard InChI is InChI=1S/C17H25NO2S/c1-11-9-10-21-16(11)12(2)18-14-6-4-3-5-13(14)7-8-15(18)17(19)20/h9-10,12-15H,3-8H2,1-2H3,(H,19,20). The maximum atomic E-state index is 11.8. The molecule has 3 rings (SSSR count). The Kier molecular flexibility index (Phi) is 4.36. The Morgan fingerprint density at radius 1 is 1.33 bits per heavy atom. The lowest BCUT2D eigenvalue weighted by Gasteiger charge is -2.49. The molecule has 116 valence electrons. The van der Waals surface area contributed by atoms with E-state index in [9.17, 15) is 9.90 Å². The Hall–Kier alpha value is -0.870. The quantitative estimate of drug-likeness (QED) is 0.908. The molecule has 1 aliphatic carbocycles. The van der Waals surface area contributed by atoms with Gasteiger partial charge in [-0.15, -0.1) is 11.3 Å². The van der Waals surface area contributed by atoms with Crippen molar-refractivity contribution in [3.05, 3.63) is 21.9 Å². The van der Waals surface area contributed by atoms with Gasteiger partial charge in [-0.3, -0.25) is 9.69 Å². The lowest BCUT2D eigenvalue weighted by atomic mass is 9.75. The minimum atomic E-state index is -0.639. The summed E-state index contributed by atoms with van der Waals surface area (Å²) in [5.74, 6) is 0.0668. The summed E-state index contributed by atoms with van der Waals surface area (Å²) in [4.78, 5) is 15.4. The molecule has 21 heavy (non-hydrogen) atoms. The van der Waals surface area contributed by atoms with E-state index in [-0.39, 0.29) is 12.1 Å². The number of aliphatic carboxylic acids is 1. The molecule has 1 saturated carbocycles. The third-order valence-electron chi connectivity index (χ3n) is 5.44. The lowest BCUT2D eigenvalue weighted by Crippen LogP contribution is -2.55. The molecule has 0 radical (unpaired) electrons. The maximum absolute atomic E-state index is 11.8. The molecule has 0 aromatic carbocycles. The first-order valence-corrected chi connectivity index (χ1v) is 9.01. The van der Waals surface area contributed by atoms with Crippen molar-refractivity contribution in [3.63, 3.8) is 0 Å². The topological polar surface area (TPSA) is 40.5 Å². The van der Waals surface area contributed by atoms with Crippen molar-refractivity contribution in [1.82, 2.24) is 4.90 Å². The fraction of sp³-hybridized carbons (Fsp3) is 0.706. The second kappa shape index (κ2) is 6.09. The van der Waals surface area contributed by atoms with Gasteiger partial charge in [0, 0.05) is 17.0 Å². The van der Waals surface area contributed by atoms with Gasteiger partial charge in [-0.25, -0.2) is 0 Å². The van der Waals surface area contributed by atoms with Gasteiger partial charge in [0.05, 0.1) is 0 Å². The molecule has 2 fully saturated rings. The highest BCUT2D eigenvalue weighted by molar-refractivity contribution is 7.10. The van der Waals surface area contributed by atoms with Crippen molar-refractivity contribution in [2.75, 3.05) is 0 Å². The van der Waals surface area contributed by atoms with Crippen LogP contribution < -0.4 is 0 Å². The van der Waals surface area contributed by atoms with Gasteiger partial charge in [0.25, 0.3) is 0 Å². The van der Waals surface area contributed by atoms with Crippen LogP contribution in [0.2, 0.25) is 0 Å². The molecule has 3 nitrogen and oxygen atoms in total. The van der Waals surface area contributed by atoms with Crippen molar-refractivity contribution < 1.29 is 9.90 Å². The van der Waals surface area contributed by atoms with Gasteiger partial charge in [0.1, 0.15) is 6.04 Å². The SMILES string of the molecule is Cc1ccsc1C(C)N1C(C(=O)O)CCC2CCCCC21. The van der Waals surface area contributed by atoms with Crippen LogP contribution in [0.25, 0.3) is 0 Å². The lowest BCUT2D eigenvalue weighted by molar-refractivity contribution is -0.150. The van der Waals surface area contributed by atoms with Gasteiger partial charge in [-0.05, 0) is 62.5 Å². The zero-order valence-corrected chi connectivity index (χ0v) is 13.7. The van der Waals surface area contributed by atoms with Crippen molar-refractivity contribution in [3.8, 4) is 0 Å². The predicted molar refractivity (Wildman–Crippen MR) is 85.7 cm³/mol. The van der Waals surface area contributed by atoms with Crippen molar-refractivity contribution in [1.29, 1.82) is 0 Å². The number of thiophene rings is 1. The third-order valence-corrected chi connectivity index (χ3v) is 6.63. The number of nitrogens with zero attached hydrogens (tertiary/aromatic N) is 1.